The Morgan fingerprint density at radius 2 is 1.67 bits per heavy atom. The average Bonchev–Trinajstić information content (AvgIpc) is 2.28. The van der Waals surface area contributed by atoms with Crippen LogP contribution in [0.3, 0.4) is 0 Å². The van der Waals surface area contributed by atoms with Gasteiger partial charge in [0.1, 0.15) is 0 Å². The van der Waals surface area contributed by atoms with Crippen molar-refractivity contribution < 1.29 is 14.3 Å². The van der Waals surface area contributed by atoms with Gasteiger partial charge >= 0.3 is 0 Å². The van der Waals surface area contributed by atoms with Gasteiger partial charge in [0.05, 0.1) is 0 Å². The summed E-state index contributed by atoms with van der Waals surface area (Å²) in [5, 5.41) is 5.62. The third kappa shape index (κ3) is 8.98. The Bertz CT molecular complexity index is 259. The first-order valence-electron chi connectivity index (χ1n) is 6.42. The van der Waals surface area contributed by atoms with Crippen LogP contribution in [0.25, 0.3) is 0 Å². The lowest BCUT2D eigenvalue weighted by atomic mass is 9.96. The highest BCUT2D eigenvalue weighted by Crippen LogP contribution is 2.12. The fourth-order valence-electron chi connectivity index (χ4n) is 1.25. The number of rotatable bonds is 8. The van der Waals surface area contributed by atoms with E-state index >= 15 is 0 Å². The number of methoxy groups -OCH3 is 1. The second kappa shape index (κ2) is 8.91. The van der Waals surface area contributed by atoms with Gasteiger partial charge in [-0.15, -0.1) is 0 Å². The van der Waals surface area contributed by atoms with E-state index in [1.54, 1.807) is 7.11 Å². The zero-order chi connectivity index (χ0) is 14.0. The molecular weight excluding hydrogens is 232 g/mol. The fraction of sp³-hybridized carbons (Fsp3) is 0.846. The van der Waals surface area contributed by atoms with Crippen molar-refractivity contribution in [3.8, 4) is 0 Å². The molecule has 0 unspecified atom stereocenters. The molecule has 0 rings (SSSR count). The van der Waals surface area contributed by atoms with Crippen LogP contribution in [0.4, 0.5) is 0 Å². The number of amides is 2. The largest absolute Gasteiger partial charge is 0.385 e. The summed E-state index contributed by atoms with van der Waals surface area (Å²) in [6.45, 7) is 7.44. The van der Waals surface area contributed by atoms with Crippen LogP contribution >= 0.6 is 0 Å². The first-order chi connectivity index (χ1) is 8.38. The molecule has 0 saturated carbocycles. The number of nitrogens with one attached hydrogen (secondary N) is 2. The maximum atomic E-state index is 11.5. The molecule has 0 aromatic carbocycles. The Labute approximate surface area is 110 Å². The Hall–Kier alpha value is -1.10. The molecule has 0 radical (unpaired) electrons. The number of hydrogen-bond donors (Lipinski definition) is 2. The van der Waals surface area contributed by atoms with Gasteiger partial charge < -0.3 is 15.4 Å². The van der Waals surface area contributed by atoms with Crippen LogP contribution in [0.5, 0.6) is 0 Å². The minimum absolute atomic E-state index is 0.0167. The van der Waals surface area contributed by atoms with E-state index in [9.17, 15) is 9.59 Å². The van der Waals surface area contributed by atoms with Crippen LogP contribution in [0.1, 0.15) is 40.0 Å². The molecular formula is C13H26N2O3. The molecule has 0 spiro atoms. The number of ether oxygens (including phenoxy) is 1. The van der Waals surface area contributed by atoms with E-state index in [-0.39, 0.29) is 17.2 Å². The van der Waals surface area contributed by atoms with Gasteiger partial charge in [-0.1, -0.05) is 20.8 Å². The molecule has 0 atom stereocenters. The molecule has 0 fully saturated rings. The molecule has 5 heteroatoms. The van der Waals surface area contributed by atoms with E-state index in [0.717, 1.165) is 6.42 Å². The summed E-state index contributed by atoms with van der Waals surface area (Å²) in [4.78, 5) is 22.9. The molecule has 0 aromatic heterocycles. The highest BCUT2D eigenvalue weighted by molar-refractivity contribution is 5.81. The third-order valence-electron chi connectivity index (χ3n) is 2.39. The average molecular weight is 258 g/mol. The van der Waals surface area contributed by atoms with Crippen LogP contribution in [0.15, 0.2) is 0 Å². The van der Waals surface area contributed by atoms with Gasteiger partial charge in [0.15, 0.2) is 0 Å². The lowest BCUT2D eigenvalue weighted by Crippen LogP contribution is -2.35. The van der Waals surface area contributed by atoms with Gasteiger partial charge in [-0.25, -0.2) is 0 Å². The molecule has 0 bridgehead atoms. The molecule has 0 aliphatic rings. The maximum Gasteiger partial charge on any atom is 0.225 e. The third-order valence-corrected chi connectivity index (χ3v) is 2.39. The molecule has 0 heterocycles. The molecule has 2 N–H and O–H groups in total. The van der Waals surface area contributed by atoms with Crippen molar-refractivity contribution in [1.82, 2.24) is 10.6 Å². The molecule has 5 nitrogen and oxygen atoms in total. The topological polar surface area (TPSA) is 67.4 Å². The Morgan fingerprint density at radius 1 is 1.06 bits per heavy atom. The van der Waals surface area contributed by atoms with Crippen LogP contribution < -0.4 is 10.6 Å². The second-order valence-electron chi connectivity index (χ2n) is 5.31. The predicted molar refractivity (Wildman–Crippen MR) is 71.2 cm³/mol. The number of hydrogen-bond acceptors (Lipinski definition) is 3. The monoisotopic (exact) mass is 258 g/mol. The summed E-state index contributed by atoms with van der Waals surface area (Å²) in [5.41, 5.74) is -0.373. The summed E-state index contributed by atoms with van der Waals surface area (Å²) in [6, 6.07) is 0. The van der Waals surface area contributed by atoms with Crippen LogP contribution in [-0.2, 0) is 14.3 Å². The van der Waals surface area contributed by atoms with Crippen molar-refractivity contribution in [2.24, 2.45) is 5.41 Å². The quantitative estimate of drug-likeness (QED) is 0.640. The van der Waals surface area contributed by atoms with E-state index in [2.05, 4.69) is 10.6 Å². The zero-order valence-electron chi connectivity index (χ0n) is 12.0. The summed E-state index contributed by atoms with van der Waals surface area (Å²) >= 11 is 0. The van der Waals surface area contributed by atoms with Gasteiger partial charge in [-0.2, -0.15) is 0 Å². The van der Waals surface area contributed by atoms with Gasteiger partial charge in [-0.3, -0.25) is 9.59 Å². The van der Waals surface area contributed by atoms with Gasteiger partial charge in [0.2, 0.25) is 11.8 Å². The van der Waals surface area contributed by atoms with Gasteiger partial charge in [0, 0.05) is 38.6 Å². The standard InChI is InChI=1S/C13H26N2O3/c1-13(2,3)12(17)15-8-5-7-11(16)14-9-6-10-18-4/h5-10H2,1-4H3,(H,14,16)(H,15,17). The highest BCUT2D eigenvalue weighted by atomic mass is 16.5. The number of carbonyl (C=O) groups excluding carboxylic acids is 2. The SMILES string of the molecule is COCCCNC(=O)CCCNC(=O)C(C)(C)C. The number of carbonyl (C=O) groups is 2. The molecule has 18 heavy (non-hydrogen) atoms. The zero-order valence-corrected chi connectivity index (χ0v) is 12.0. The van der Waals surface area contributed by atoms with Crippen LogP contribution in [0, 0.1) is 5.41 Å². The molecule has 2 amide bonds. The lowest BCUT2D eigenvalue weighted by molar-refractivity contribution is -0.128. The van der Waals surface area contributed by atoms with E-state index in [4.69, 9.17) is 4.74 Å². The lowest BCUT2D eigenvalue weighted by Gasteiger charge is -2.17. The Morgan fingerprint density at radius 3 is 2.22 bits per heavy atom. The molecule has 0 aliphatic carbocycles. The predicted octanol–water partition coefficient (Wildman–Crippen LogP) is 1.08. The first kappa shape index (κ1) is 16.9. The maximum absolute atomic E-state index is 11.5. The fourth-order valence-corrected chi connectivity index (χ4v) is 1.25. The Balaban J connectivity index is 3.49. The summed E-state index contributed by atoms with van der Waals surface area (Å²) in [5.74, 6) is 0.0408. The van der Waals surface area contributed by atoms with Gasteiger partial charge in [-0.05, 0) is 12.8 Å². The first-order valence-corrected chi connectivity index (χ1v) is 6.42. The van der Waals surface area contributed by atoms with Crippen molar-refractivity contribution in [2.45, 2.75) is 40.0 Å². The van der Waals surface area contributed by atoms with Crippen molar-refractivity contribution in [3.05, 3.63) is 0 Å². The second-order valence-corrected chi connectivity index (χ2v) is 5.31. The smallest absolute Gasteiger partial charge is 0.225 e. The molecule has 0 saturated heterocycles. The minimum Gasteiger partial charge on any atom is -0.385 e. The van der Waals surface area contributed by atoms with Gasteiger partial charge in [0.25, 0.3) is 0 Å². The van der Waals surface area contributed by atoms with E-state index in [0.29, 0.717) is 32.5 Å². The summed E-state index contributed by atoms with van der Waals surface area (Å²) in [6.07, 6.45) is 1.93. The summed E-state index contributed by atoms with van der Waals surface area (Å²) < 4.78 is 4.88. The van der Waals surface area contributed by atoms with Crippen molar-refractivity contribution in [2.75, 3.05) is 26.8 Å². The van der Waals surface area contributed by atoms with Crippen LogP contribution in [0.2, 0.25) is 0 Å². The Kier molecular flexibility index (Phi) is 8.37. The summed E-state index contributed by atoms with van der Waals surface area (Å²) in [7, 11) is 1.64. The molecule has 0 aromatic rings. The molecule has 106 valence electrons. The van der Waals surface area contributed by atoms with E-state index in [1.807, 2.05) is 20.8 Å². The van der Waals surface area contributed by atoms with Crippen LogP contribution in [-0.4, -0.2) is 38.6 Å². The molecule has 0 aliphatic heterocycles. The van der Waals surface area contributed by atoms with Crippen molar-refractivity contribution in [3.63, 3.8) is 0 Å². The minimum atomic E-state index is -0.373. The van der Waals surface area contributed by atoms with Crippen molar-refractivity contribution >= 4 is 11.8 Å². The van der Waals surface area contributed by atoms with E-state index in [1.165, 1.54) is 0 Å². The normalized spacial score (nSPS) is 11.1. The van der Waals surface area contributed by atoms with Crippen molar-refractivity contribution in [1.29, 1.82) is 0 Å². The van der Waals surface area contributed by atoms with E-state index < -0.39 is 0 Å². The highest BCUT2D eigenvalue weighted by Gasteiger charge is 2.20.